The van der Waals surface area contributed by atoms with Crippen molar-refractivity contribution in [3.63, 3.8) is 0 Å². The summed E-state index contributed by atoms with van der Waals surface area (Å²) < 4.78 is 0. The molecular weight excluding hydrogens is 176 g/mol. The van der Waals surface area contributed by atoms with Crippen LogP contribution in [-0.2, 0) is 0 Å². The predicted molar refractivity (Wildman–Crippen MR) is 56.8 cm³/mol. The third kappa shape index (κ3) is 2.54. The Kier molecular flexibility index (Phi) is 4.07. The van der Waals surface area contributed by atoms with E-state index in [2.05, 4.69) is 31.7 Å². The van der Waals surface area contributed by atoms with Crippen molar-refractivity contribution in [1.29, 1.82) is 0 Å². The molecule has 0 fully saturated rings. The van der Waals surface area contributed by atoms with Gasteiger partial charge in [0.25, 0.3) is 0 Å². The van der Waals surface area contributed by atoms with Gasteiger partial charge < -0.3 is 15.7 Å². The molecule has 0 aliphatic rings. The summed E-state index contributed by atoms with van der Waals surface area (Å²) in [4.78, 5) is 1.32. The molecule has 0 bridgehead atoms. The van der Waals surface area contributed by atoms with Crippen molar-refractivity contribution in [2.45, 2.75) is 13.8 Å². The molecule has 0 aliphatic heterocycles. The maximum atomic E-state index is 8.92. The average Bonchev–Trinajstić information content (AvgIpc) is 2.19. The molecule has 78 valence electrons. The zero-order valence-electron chi connectivity index (χ0n) is 9.01. The second-order valence-electron chi connectivity index (χ2n) is 3.57. The number of aliphatic hydroxyl groups is 1. The third-order valence-corrected chi connectivity index (χ3v) is 2.59. The molecule has 0 heterocycles. The van der Waals surface area contributed by atoms with Gasteiger partial charge in [-0.15, -0.1) is 0 Å². The molecule has 5 N–H and O–H groups in total. The third-order valence-electron chi connectivity index (χ3n) is 2.59. The minimum Gasteiger partial charge on any atom is -0.391 e. The second-order valence-corrected chi connectivity index (χ2v) is 3.57. The average molecular weight is 196 g/mol. The minimum absolute atomic E-state index is 0.231. The van der Waals surface area contributed by atoms with Crippen LogP contribution in [0.5, 0.6) is 0 Å². The van der Waals surface area contributed by atoms with Gasteiger partial charge in [0.15, 0.2) is 0 Å². The predicted octanol–water partition coefficient (Wildman–Crippen LogP) is -0.603. The first-order chi connectivity index (χ1) is 6.69. The van der Waals surface area contributed by atoms with Gasteiger partial charge in [-0.1, -0.05) is 0 Å². The SMILES string of the molecule is CC[NH+](CCO)c1ccc([NH3+])c(C)c1. The van der Waals surface area contributed by atoms with Crippen molar-refractivity contribution in [3.05, 3.63) is 23.8 Å². The fourth-order valence-electron chi connectivity index (χ4n) is 1.58. The maximum absolute atomic E-state index is 8.92. The van der Waals surface area contributed by atoms with Gasteiger partial charge in [0, 0.05) is 23.8 Å². The van der Waals surface area contributed by atoms with Crippen molar-refractivity contribution >= 4 is 11.4 Å². The Morgan fingerprint density at radius 3 is 2.64 bits per heavy atom. The highest BCUT2D eigenvalue weighted by Gasteiger charge is 2.10. The number of benzene rings is 1. The highest BCUT2D eigenvalue weighted by Crippen LogP contribution is 2.11. The zero-order chi connectivity index (χ0) is 10.6. The number of hydrogen-bond acceptors (Lipinski definition) is 1. The number of nitrogens with one attached hydrogen (secondary N) is 1. The van der Waals surface area contributed by atoms with Crippen LogP contribution in [0.15, 0.2) is 18.2 Å². The molecule has 3 heteroatoms. The Bertz CT molecular complexity index is 299. The summed E-state index contributed by atoms with van der Waals surface area (Å²) in [5.41, 5.74) is 7.47. The van der Waals surface area contributed by atoms with E-state index in [-0.39, 0.29) is 6.61 Å². The van der Waals surface area contributed by atoms with E-state index < -0.39 is 0 Å². The van der Waals surface area contributed by atoms with Gasteiger partial charge in [-0.05, 0) is 13.8 Å². The molecule has 1 unspecified atom stereocenters. The van der Waals surface area contributed by atoms with E-state index in [1.54, 1.807) is 0 Å². The summed E-state index contributed by atoms with van der Waals surface area (Å²) in [5.74, 6) is 0. The van der Waals surface area contributed by atoms with Crippen LogP contribution in [-0.4, -0.2) is 24.8 Å². The number of rotatable bonds is 4. The summed E-state index contributed by atoms with van der Waals surface area (Å²) in [6, 6.07) is 6.28. The lowest BCUT2D eigenvalue weighted by molar-refractivity contribution is -0.831. The second kappa shape index (κ2) is 5.10. The van der Waals surface area contributed by atoms with Crippen molar-refractivity contribution in [1.82, 2.24) is 0 Å². The first kappa shape index (κ1) is 11.2. The molecule has 0 radical (unpaired) electrons. The van der Waals surface area contributed by atoms with E-state index in [0.29, 0.717) is 0 Å². The Morgan fingerprint density at radius 2 is 2.14 bits per heavy atom. The van der Waals surface area contributed by atoms with E-state index in [9.17, 15) is 0 Å². The molecule has 0 amide bonds. The van der Waals surface area contributed by atoms with E-state index in [4.69, 9.17) is 5.11 Å². The van der Waals surface area contributed by atoms with Crippen molar-refractivity contribution < 1.29 is 15.7 Å². The van der Waals surface area contributed by atoms with Gasteiger partial charge in [-0.3, -0.25) is 0 Å². The topological polar surface area (TPSA) is 52.3 Å². The Morgan fingerprint density at radius 1 is 1.43 bits per heavy atom. The van der Waals surface area contributed by atoms with Gasteiger partial charge in [0.1, 0.15) is 17.9 Å². The molecule has 0 saturated carbocycles. The Labute approximate surface area is 85.2 Å². The molecule has 0 aromatic heterocycles. The van der Waals surface area contributed by atoms with Gasteiger partial charge >= 0.3 is 0 Å². The van der Waals surface area contributed by atoms with Crippen LogP contribution in [0.4, 0.5) is 11.4 Å². The lowest BCUT2D eigenvalue weighted by Crippen LogP contribution is -3.07. The normalized spacial score (nSPS) is 12.9. The van der Waals surface area contributed by atoms with Crippen LogP contribution in [0.3, 0.4) is 0 Å². The first-order valence-electron chi connectivity index (χ1n) is 5.07. The van der Waals surface area contributed by atoms with Crippen molar-refractivity contribution in [2.24, 2.45) is 0 Å². The monoisotopic (exact) mass is 196 g/mol. The molecule has 1 atom stereocenters. The fraction of sp³-hybridized carbons (Fsp3) is 0.455. The molecule has 1 aromatic carbocycles. The van der Waals surface area contributed by atoms with Gasteiger partial charge in [0.05, 0.1) is 13.2 Å². The van der Waals surface area contributed by atoms with Gasteiger partial charge in [0.2, 0.25) is 0 Å². The largest absolute Gasteiger partial charge is 0.391 e. The molecule has 0 spiro atoms. The van der Waals surface area contributed by atoms with E-state index >= 15 is 0 Å². The quantitative estimate of drug-likeness (QED) is 0.591. The van der Waals surface area contributed by atoms with Crippen LogP contribution in [0.25, 0.3) is 0 Å². The summed E-state index contributed by atoms with van der Waals surface area (Å²) in [7, 11) is 0. The molecule has 14 heavy (non-hydrogen) atoms. The highest BCUT2D eigenvalue weighted by molar-refractivity contribution is 5.45. The molecule has 0 aliphatic carbocycles. The highest BCUT2D eigenvalue weighted by atomic mass is 16.3. The van der Waals surface area contributed by atoms with Crippen LogP contribution in [0, 0.1) is 6.92 Å². The van der Waals surface area contributed by atoms with Gasteiger partial charge in [-0.2, -0.15) is 0 Å². The first-order valence-corrected chi connectivity index (χ1v) is 5.07. The van der Waals surface area contributed by atoms with Crippen LogP contribution < -0.4 is 10.6 Å². The lowest BCUT2D eigenvalue weighted by Gasteiger charge is -2.16. The number of aryl methyl sites for hydroxylation is 1. The molecular formula is C11H20N2O+2. The van der Waals surface area contributed by atoms with Crippen molar-refractivity contribution in [2.75, 3.05) is 19.7 Å². The summed E-state index contributed by atoms with van der Waals surface area (Å²) in [5, 5.41) is 8.92. The van der Waals surface area contributed by atoms with E-state index in [1.807, 2.05) is 6.07 Å². The molecule has 3 nitrogen and oxygen atoms in total. The Hall–Kier alpha value is -0.900. The van der Waals surface area contributed by atoms with Gasteiger partial charge in [-0.25, -0.2) is 0 Å². The Balaban J connectivity index is 2.88. The minimum atomic E-state index is 0.231. The number of hydrogen-bond donors (Lipinski definition) is 3. The summed E-state index contributed by atoms with van der Waals surface area (Å²) in [6.45, 7) is 6.19. The smallest absolute Gasteiger partial charge is 0.131 e. The van der Waals surface area contributed by atoms with E-state index in [0.717, 1.165) is 18.8 Å². The number of quaternary nitrogens is 2. The maximum Gasteiger partial charge on any atom is 0.131 e. The molecule has 1 aromatic rings. The zero-order valence-corrected chi connectivity index (χ0v) is 9.01. The van der Waals surface area contributed by atoms with Crippen LogP contribution in [0.1, 0.15) is 12.5 Å². The summed E-state index contributed by atoms with van der Waals surface area (Å²) >= 11 is 0. The molecule has 0 saturated heterocycles. The van der Waals surface area contributed by atoms with Crippen LogP contribution in [0.2, 0.25) is 0 Å². The summed E-state index contributed by atoms with van der Waals surface area (Å²) in [6.07, 6.45) is 0. The van der Waals surface area contributed by atoms with Crippen molar-refractivity contribution in [3.8, 4) is 0 Å². The lowest BCUT2D eigenvalue weighted by atomic mass is 10.1. The van der Waals surface area contributed by atoms with E-state index in [1.165, 1.54) is 16.2 Å². The van der Waals surface area contributed by atoms with Crippen LogP contribution >= 0.6 is 0 Å². The molecule has 1 rings (SSSR count). The standard InChI is InChI=1S/C11H18N2O/c1-3-13(6-7-14)10-4-5-11(12)9(2)8-10/h4-5,8,14H,3,6-7,12H2,1-2H3/p+2. The fourth-order valence-corrected chi connectivity index (χ4v) is 1.58. The number of likely N-dealkylation sites (N-methyl/N-ethyl adjacent to an activating group) is 1. The number of aliphatic hydroxyl groups excluding tert-OH is 1.